The number of nitrogens with two attached hydrogens (primary N) is 1. The first kappa shape index (κ1) is 14.4. The molecule has 2 N–H and O–H groups in total. The lowest BCUT2D eigenvalue weighted by Crippen LogP contribution is -2.34. The predicted molar refractivity (Wildman–Crippen MR) is 86.2 cm³/mol. The quantitative estimate of drug-likeness (QED) is 0.866. The average molecular weight is 286 g/mol. The summed E-state index contributed by atoms with van der Waals surface area (Å²) in [6.45, 7) is 4.87. The molecule has 2 saturated carbocycles. The summed E-state index contributed by atoms with van der Waals surface area (Å²) in [6, 6.07) is 3.85. The van der Waals surface area contributed by atoms with Gasteiger partial charge in [-0.15, -0.1) is 0 Å². The number of aryl methyl sites for hydroxylation is 2. The van der Waals surface area contributed by atoms with Crippen LogP contribution in [0.5, 0.6) is 0 Å². The van der Waals surface area contributed by atoms with Gasteiger partial charge in [-0.3, -0.25) is 4.79 Å². The minimum absolute atomic E-state index is 0.113. The molecule has 2 aliphatic carbocycles. The van der Waals surface area contributed by atoms with Gasteiger partial charge in [0.1, 0.15) is 0 Å². The molecule has 3 rings (SSSR count). The Morgan fingerprint density at radius 3 is 2.62 bits per heavy atom. The van der Waals surface area contributed by atoms with Gasteiger partial charge in [0.25, 0.3) is 5.91 Å². The first-order valence-corrected chi connectivity index (χ1v) is 8.08. The van der Waals surface area contributed by atoms with Crippen LogP contribution in [0.25, 0.3) is 0 Å². The molecule has 0 spiro atoms. The predicted octanol–water partition coefficient (Wildman–Crippen LogP) is 3.39. The smallest absolute Gasteiger partial charge is 0.253 e. The fourth-order valence-electron chi connectivity index (χ4n) is 4.34. The normalized spacial score (nSPS) is 27.1. The number of nitrogen functional groups attached to an aromatic ring is 1. The van der Waals surface area contributed by atoms with Gasteiger partial charge < -0.3 is 10.6 Å². The van der Waals surface area contributed by atoms with Gasteiger partial charge in [-0.25, -0.2) is 0 Å². The zero-order valence-corrected chi connectivity index (χ0v) is 13.4. The Labute approximate surface area is 127 Å². The molecular weight excluding hydrogens is 260 g/mol. The molecule has 1 aromatic rings. The second-order valence-electron chi connectivity index (χ2n) is 7.14. The summed E-state index contributed by atoms with van der Waals surface area (Å²) >= 11 is 0. The van der Waals surface area contributed by atoms with Gasteiger partial charge in [-0.1, -0.05) is 12.5 Å². The van der Waals surface area contributed by atoms with Crippen LogP contribution in [-0.2, 0) is 0 Å². The molecule has 3 unspecified atom stereocenters. The molecule has 2 aliphatic rings. The molecule has 3 heteroatoms. The standard InChI is InChI=1S/C18H26N2O/c1-11-6-12(2)17(19)9-16(11)18(21)20(3)10-15-8-13-4-5-14(15)7-13/h6,9,13-15H,4-5,7-8,10,19H2,1-3H3. The maximum Gasteiger partial charge on any atom is 0.253 e. The summed E-state index contributed by atoms with van der Waals surface area (Å²) in [5, 5.41) is 0. The number of amides is 1. The summed E-state index contributed by atoms with van der Waals surface area (Å²) in [5.41, 5.74) is 9.49. The van der Waals surface area contributed by atoms with Crippen molar-refractivity contribution in [2.45, 2.75) is 39.5 Å². The van der Waals surface area contributed by atoms with Crippen LogP contribution < -0.4 is 5.73 Å². The van der Waals surface area contributed by atoms with Gasteiger partial charge in [0.2, 0.25) is 0 Å². The van der Waals surface area contributed by atoms with Gasteiger partial charge in [-0.05, 0) is 68.1 Å². The maximum absolute atomic E-state index is 12.7. The van der Waals surface area contributed by atoms with Crippen molar-refractivity contribution in [1.29, 1.82) is 0 Å². The Balaban J connectivity index is 1.71. The number of carbonyl (C=O) groups excluding carboxylic acids is 1. The van der Waals surface area contributed by atoms with Crippen LogP contribution in [0.1, 0.15) is 47.2 Å². The van der Waals surface area contributed by atoms with Crippen molar-refractivity contribution in [2.75, 3.05) is 19.3 Å². The number of carbonyl (C=O) groups is 1. The molecule has 1 aromatic carbocycles. The van der Waals surface area contributed by atoms with Crippen LogP contribution in [0.15, 0.2) is 12.1 Å². The molecule has 2 fully saturated rings. The Hall–Kier alpha value is -1.51. The summed E-state index contributed by atoms with van der Waals surface area (Å²) < 4.78 is 0. The van der Waals surface area contributed by atoms with Gasteiger partial charge >= 0.3 is 0 Å². The van der Waals surface area contributed by atoms with Crippen molar-refractivity contribution in [3.8, 4) is 0 Å². The monoisotopic (exact) mass is 286 g/mol. The van der Waals surface area contributed by atoms with Gasteiger partial charge in [0, 0.05) is 24.8 Å². The van der Waals surface area contributed by atoms with E-state index >= 15 is 0 Å². The molecule has 0 aromatic heterocycles. The third-order valence-corrected chi connectivity index (χ3v) is 5.58. The summed E-state index contributed by atoms with van der Waals surface area (Å²) in [7, 11) is 1.93. The van der Waals surface area contributed by atoms with E-state index in [1.165, 1.54) is 25.7 Å². The number of benzene rings is 1. The van der Waals surface area contributed by atoms with E-state index in [9.17, 15) is 4.79 Å². The molecule has 2 bridgehead atoms. The molecular formula is C18H26N2O. The van der Waals surface area contributed by atoms with Crippen molar-refractivity contribution >= 4 is 11.6 Å². The highest BCUT2D eigenvalue weighted by Gasteiger charge is 2.40. The Kier molecular flexibility index (Phi) is 3.68. The third kappa shape index (κ3) is 2.66. The maximum atomic E-state index is 12.7. The Morgan fingerprint density at radius 1 is 1.24 bits per heavy atom. The van der Waals surface area contributed by atoms with E-state index in [0.29, 0.717) is 11.6 Å². The van der Waals surface area contributed by atoms with E-state index in [1.807, 2.05) is 37.9 Å². The average Bonchev–Trinajstić information content (AvgIpc) is 3.04. The van der Waals surface area contributed by atoms with E-state index in [-0.39, 0.29) is 5.91 Å². The first-order valence-electron chi connectivity index (χ1n) is 8.08. The number of rotatable bonds is 3. The van der Waals surface area contributed by atoms with Gasteiger partial charge in [-0.2, -0.15) is 0 Å². The number of anilines is 1. The number of fused-ring (bicyclic) bond motifs is 2. The number of nitrogens with zero attached hydrogens (tertiary/aromatic N) is 1. The molecule has 114 valence electrons. The SMILES string of the molecule is Cc1cc(C)c(C(=O)N(C)CC2CC3CCC2C3)cc1N. The van der Waals surface area contributed by atoms with Gasteiger partial charge in [0.15, 0.2) is 0 Å². The van der Waals surface area contributed by atoms with E-state index < -0.39 is 0 Å². The van der Waals surface area contributed by atoms with E-state index in [4.69, 9.17) is 5.73 Å². The van der Waals surface area contributed by atoms with E-state index in [0.717, 1.165) is 35.1 Å². The molecule has 3 atom stereocenters. The molecule has 1 amide bonds. The van der Waals surface area contributed by atoms with Crippen LogP contribution in [0.4, 0.5) is 5.69 Å². The Morgan fingerprint density at radius 2 is 2.00 bits per heavy atom. The Bertz CT molecular complexity index is 567. The van der Waals surface area contributed by atoms with Gasteiger partial charge in [0.05, 0.1) is 0 Å². The molecule has 3 nitrogen and oxygen atoms in total. The highest BCUT2D eigenvalue weighted by Crippen LogP contribution is 2.48. The van der Waals surface area contributed by atoms with Crippen LogP contribution in [-0.4, -0.2) is 24.4 Å². The van der Waals surface area contributed by atoms with Crippen molar-refractivity contribution in [1.82, 2.24) is 4.90 Å². The second kappa shape index (κ2) is 5.36. The lowest BCUT2D eigenvalue weighted by molar-refractivity contribution is 0.0753. The zero-order valence-electron chi connectivity index (χ0n) is 13.4. The minimum Gasteiger partial charge on any atom is -0.398 e. The number of hydrogen-bond donors (Lipinski definition) is 1. The lowest BCUT2D eigenvalue weighted by atomic mass is 9.88. The second-order valence-corrected chi connectivity index (χ2v) is 7.14. The molecule has 0 radical (unpaired) electrons. The first-order chi connectivity index (χ1) is 9.95. The number of hydrogen-bond acceptors (Lipinski definition) is 2. The van der Waals surface area contributed by atoms with Crippen LogP contribution in [0, 0.1) is 31.6 Å². The van der Waals surface area contributed by atoms with E-state index in [2.05, 4.69) is 0 Å². The largest absolute Gasteiger partial charge is 0.398 e. The zero-order chi connectivity index (χ0) is 15.1. The van der Waals surface area contributed by atoms with Crippen molar-refractivity contribution in [2.24, 2.45) is 17.8 Å². The highest BCUT2D eigenvalue weighted by molar-refractivity contribution is 5.96. The third-order valence-electron chi connectivity index (χ3n) is 5.58. The summed E-state index contributed by atoms with van der Waals surface area (Å²) in [5.74, 6) is 2.61. The molecule has 21 heavy (non-hydrogen) atoms. The summed E-state index contributed by atoms with van der Waals surface area (Å²) in [4.78, 5) is 14.6. The fraction of sp³-hybridized carbons (Fsp3) is 0.611. The molecule has 0 saturated heterocycles. The molecule has 0 heterocycles. The van der Waals surface area contributed by atoms with Crippen LogP contribution >= 0.6 is 0 Å². The fourth-order valence-corrected chi connectivity index (χ4v) is 4.34. The lowest BCUT2D eigenvalue weighted by Gasteiger charge is -2.27. The topological polar surface area (TPSA) is 46.3 Å². The van der Waals surface area contributed by atoms with Crippen molar-refractivity contribution in [3.63, 3.8) is 0 Å². The minimum atomic E-state index is 0.113. The molecule has 0 aliphatic heterocycles. The van der Waals surface area contributed by atoms with Crippen molar-refractivity contribution in [3.05, 3.63) is 28.8 Å². The van der Waals surface area contributed by atoms with Crippen molar-refractivity contribution < 1.29 is 4.79 Å². The van der Waals surface area contributed by atoms with Crippen LogP contribution in [0.2, 0.25) is 0 Å². The van der Waals surface area contributed by atoms with Crippen LogP contribution in [0.3, 0.4) is 0 Å². The highest BCUT2D eigenvalue weighted by atomic mass is 16.2. The summed E-state index contributed by atoms with van der Waals surface area (Å²) in [6.07, 6.45) is 5.49. The van der Waals surface area contributed by atoms with E-state index in [1.54, 1.807) is 0 Å².